The first-order chi connectivity index (χ1) is 4.75. The molecule has 0 unspecified atom stereocenters. The third-order valence-corrected chi connectivity index (χ3v) is 3.35. The quantitative estimate of drug-likeness (QED) is 0.584. The highest BCUT2D eigenvalue weighted by Crippen LogP contribution is 2.50. The summed E-state index contributed by atoms with van der Waals surface area (Å²) in [6.07, 6.45) is 4.45. The summed E-state index contributed by atoms with van der Waals surface area (Å²) < 4.78 is 0. The van der Waals surface area contributed by atoms with Gasteiger partial charge in [-0.2, -0.15) is 0 Å². The van der Waals surface area contributed by atoms with Crippen LogP contribution in [0.1, 0.15) is 33.1 Å². The van der Waals surface area contributed by atoms with Gasteiger partial charge in [-0.3, -0.25) is 0 Å². The highest BCUT2D eigenvalue weighted by molar-refractivity contribution is 5.07. The zero-order chi connectivity index (χ0) is 7.19. The predicted molar refractivity (Wildman–Crippen MR) is 42.9 cm³/mol. The Kier molecular flexibility index (Phi) is 1.31. The number of nitrogens with one attached hydrogen (secondary N) is 1. The van der Waals surface area contributed by atoms with Gasteiger partial charge < -0.3 is 5.32 Å². The Morgan fingerprint density at radius 2 is 2.10 bits per heavy atom. The molecule has 1 nitrogen and oxygen atoms in total. The van der Waals surface area contributed by atoms with Gasteiger partial charge >= 0.3 is 0 Å². The molecule has 1 heteroatoms. The summed E-state index contributed by atoms with van der Waals surface area (Å²) in [4.78, 5) is 0. The second-order valence-corrected chi connectivity index (χ2v) is 4.32. The molecule has 1 saturated heterocycles. The molecule has 1 saturated carbocycles. The van der Waals surface area contributed by atoms with Crippen LogP contribution in [0.4, 0.5) is 0 Å². The highest BCUT2D eigenvalue weighted by Gasteiger charge is 2.51. The highest BCUT2D eigenvalue weighted by atomic mass is 15.1. The van der Waals surface area contributed by atoms with Gasteiger partial charge in [-0.1, -0.05) is 20.3 Å². The summed E-state index contributed by atoms with van der Waals surface area (Å²) >= 11 is 0. The smallest absolute Gasteiger partial charge is 0.0159 e. The second kappa shape index (κ2) is 1.97. The van der Waals surface area contributed by atoms with Crippen molar-refractivity contribution in [2.24, 2.45) is 11.3 Å². The fraction of sp³-hybridized carbons (Fsp3) is 1.00. The molecule has 1 heterocycles. The summed E-state index contributed by atoms with van der Waals surface area (Å²) in [7, 11) is 0. The van der Waals surface area contributed by atoms with Crippen LogP contribution in [-0.2, 0) is 0 Å². The first-order valence-corrected chi connectivity index (χ1v) is 4.48. The van der Waals surface area contributed by atoms with Gasteiger partial charge in [0, 0.05) is 12.6 Å². The van der Waals surface area contributed by atoms with Crippen molar-refractivity contribution in [2.45, 2.75) is 39.2 Å². The molecule has 1 aliphatic carbocycles. The zero-order valence-electron chi connectivity index (χ0n) is 6.98. The molecule has 0 aromatic rings. The molecular formula is C9H17N. The maximum absolute atomic E-state index is 3.54. The average Bonchev–Trinajstić information content (AvgIpc) is 1.53. The van der Waals surface area contributed by atoms with Gasteiger partial charge in [0.25, 0.3) is 0 Å². The molecule has 1 aliphatic heterocycles. The van der Waals surface area contributed by atoms with Crippen molar-refractivity contribution >= 4 is 0 Å². The van der Waals surface area contributed by atoms with Crippen LogP contribution >= 0.6 is 0 Å². The molecule has 1 atom stereocenters. The molecule has 0 aromatic carbocycles. The Morgan fingerprint density at radius 1 is 1.40 bits per heavy atom. The lowest BCUT2D eigenvalue weighted by atomic mass is 9.57. The van der Waals surface area contributed by atoms with E-state index in [0.717, 1.165) is 17.4 Å². The van der Waals surface area contributed by atoms with E-state index in [9.17, 15) is 0 Å². The van der Waals surface area contributed by atoms with Crippen molar-refractivity contribution in [1.82, 2.24) is 5.32 Å². The van der Waals surface area contributed by atoms with Gasteiger partial charge in [0.05, 0.1) is 0 Å². The van der Waals surface area contributed by atoms with Crippen molar-refractivity contribution in [2.75, 3.05) is 6.54 Å². The van der Waals surface area contributed by atoms with E-state index in [4.69, 9.17) is 0 Å². The Morgan fingerprint density at radius 3 is 2.20 bits per heavy atom. The third kappa shape index (κ3) is 0.672. The molecule has 2 aliphatic rings. The molecule has 0 bridgehead atoms. The molecule has 2 rings (SSSR count). The Labute approximate surface area is 63.2 Å². The Bertz CT molecular complexity index is 130. The third-order valence-electron chi connectivity index (χ3n) is 3.35. The molecule has 1 spiro atoms. The van der Waals surface area contributed by atoms with Crippen LogP contribution in [-0.4, -0.2) is 12.6 Å². The molecule has 1 N–H and O–H groups in total. The molecule has 2 fully saturated rings. The first-order valence-electron chi connectivity index (χ1n) is 4.48. The van der Waals surface area contributed by atoms with Gasteiger partial charge in [-0.05, 0) is 24.2 Å². The van der Waals surface area contributed by atoms with Gasteiger partial charge in [-0.25, -0.2) is 0 Å². The topological polar surface area (TPSA) is 12.0 Å². The van der Waals surface area contributed by atoms with Gasteiger partial charge in [0.1, 0.15) is 0 Å². The molecule has 10 heavy (non-hydrogen) atoms. The van der Waals surface area contributed by atoms with E-state index >= 15 is 0 Å². The molecule has 0 radical (unpaired) electrons. The summed E-state index contributed by atoms with van der Waals surface area (Å²) in [5, 5.41) is 3.54. The minimum atomic E-state index is 0.772. The molecule has 58 valence electrons. The van der Waals surface area contributed by atoms with Crippen LogP contribution in [0.2, 0.25) is 0 Å². The van der Waals surface area contributed by atoms with Crippen molar-refractivity contribution < 1.29 is 0 Å². The zero-order valence-corrected chi connectivity index (χ0v) is 6.98. The van der Waals surface area contributed by atoms with Crippen LogP contribution in [0.25, 0.3) is 0 Å². The molecule has 0 aromatic heterocycles. The normalized spacial score (nSPS) is 35.7. The maximum atomic E-state index is 3.54. The number of hydrogen-bond acceptors (Lipinski definition) is 1. The van der Waals surface area contributed by atoms with Crippen molar-refractivity contribution in [3.63, 3.8) is 0 Å². The lowest BCUT2D eigenvalue weighted by Crippen LogP contribution is -2.67. The monoisotopic (exact) mass is 139 g/mol. The number of hydrogen-bond donors (Lipinski definition) is 1. The Hall–Kier alpha value is -0.0400. The summed E-state index contributed by atoms with van der Waals surface area (Å²) in [5.74, 6) is 0.842. The molecular weight excluding hydrogens is 122 g/mol. The fourth-order valence-electron chi connectivity index (χ4n) is 2.57. The van der Waals surface area contributed by atoms with Crippen LogP contribution in [0.15, 0.2) is 0 Å². The SMILES string of the molecule is CC(C)[C@H]1NCC12CCC2. The van der Waals surface area contributed by atoms with Gasteiger partial charge in [0.15, 0.2) is 0 Å². The van der Waals surface area contributed by atoms with E-state index in [2.05, 4.69) is 19.2 Å². The lowest BCUT2D eigenvalue weighted by molar-refractivity contribution is -0.0267. The standard InChI is InChI=1S/C9H17N/c1-7(2)8-9(6-10-8)4-3-5-9/h7-8,10H,3-6H2,1-2H3/t8-/m1/s1. The largest absolute Gasteiger partial charge is 0.313 e. The van der Waals surface area contributed by atoms with E-state index in [1.807, 2.05) is 0 Å². The Balaban J connectivity index is 1.99. The first kappa shape index (κ1) is 6.66. The van der Waals surface area contributed by atoms with Gasteiger partial charge in [-0.15, -0.1) is 0 Å². The van der Waals surface area contributed by atoms with Gasteiger partial charge in [0.2, 0.25) is 0 Å². The van der Waals surface area contributed by atoms with E-state index in [0.29, 0.717) is 0 Å². The summed E-state index contributed by atoms with van der Waals surface area (Å²) in [5.41, 5.74) is 0.772. The minimum Gasteiger partial charge on any atom is -0.313 e. The van der Waals surface area contributed by atoms with Crippen molar-refractivity contribution in [1.29, 1.82) is 0 Å². The average molecular weight is 139 g/mol. The van der Waals surface area contributed by atoms with Crippen molar-refractivity contribution in [3.8, 4) is 0 Å². The summed E-state index contributed by atoms with van der Waals surface area (Å²) in [6, 6.07) is 0.848. The van der Waals surface area contributed by atoms with E-state index in [1.165, 1.54) is 25.8 Å². The van der Waals surface area contributed by atoms with E-state index < -0.39 is 0 Å². The predicted octanol–water partition coefficient (Wildman–Crippen LogP) is 1.78. The van der Waals surface area contributed by atoms with Crippen LogP contribution < -0.4 is 5.32 Å². The number of rotatable bonds is 1. The lowest BCUT2D eigenvalue weighted by Gasteiger charge is -2.58. The molecule has 0 amide bonds. The minimum absolute atomic E-state index is 0.772. The van der Waals surface area contributed by atoms with E-state index in [-0.39, 0.29) is 0 Å². The van der Waals surface area contributed by atoms with Crippen molar-refractivity contribution in [3.05, 3.63) is 0 Å². The van der Waals surface area contributed by atoms with E-state index in [1.54, 1.807) is 0 Å². The van der Waals surface area contributed by atoms with Crippen LogP contribution in [0, 0.1) is 11.3 Å². The fourth-order valence-corrected chi connectivity index (χ4v) is 2.57. The maximum Gasteiger partial charge on any atom is 0.0159 e. The summed E-state index contributed by atoms with van der Waals surface area (Å²) in [6.45, 7) is 5.96. The second-order valence-electron chi connectivity index (χ2n) is 4.32. The van der Waals surface area contributed by atoms with Crippen LogP contribution in [0.5, 0.6) is 0 Å². The van der Waals surface area contributed by atoms with Crippen LogP contribution in [0.3, 0.4) is 0 Å².